The van der Waals surface area contributed by atoms with E-state index in [1.807, 2.05) is 19.1 Å². The number of methoxy groups -OCH3 is 1. The van der Waals surface area contributed by atoms with E-state index < -0.39 is 4.92 Å². The van der Waals surface area contributed by atoms with Crippen molar-refractivity contribution in [2.24, 2.45) is 0 Å². The number of nitro benzene ring substituents is 1. The summed E-state index contributed by atoms with van der Waals surface area (Å²) in [6.07, 6.45) is 0. The van der Waals surface area contributed by atoms with E-state index in [9.17, 15) is 14.9 Å². The summed E-state index contributed by atoms with van der Waals surface area (Å²) >= 11 is 1.44. The van der Waals surface area contributed by atoms with Crippen molar-refractivity contribution in [1.82, 2.24) is 9.88 Å². The Bertz CT molecular complexity index is 1130. The molecule has 168 valence electrons. The topological polar surface area (TPSA) is 98.0 Å². The van der Waals surface area contributed by atoms with Crippen molar-refractivity contribution in [3.63, 3.8) is 0 Å². The maximum Gasteiger partial charge on any atom is 0.269 e. The Kier molecular flexibility index (Phi) is 6.63. The van der Waals surface area contributed by atoms with E-state index in [4.69, 9.17) is 14.5 Å². The molecule has 3 aromatic rings. The quantitative estimate of drug-likeness (QED) is 0.396. The van der Waals surface area contributed by atoms with Crippen LogP contribution in [0.25, 0.3) is 10.2 Å². The van der Waals surface area contributed by atoms with Gasteiger partial charge in [0.15, 0.2) is 5.13 Å². The fourth-order valence-corrected chi connectivity index (χ4v) is 4.69. The van der Waals surface area contributed by atoms with Gasteiger partial charge in [-0.2, -0.15) is 0 Å². The molecule has 2 heterocycles. The number of non-ortho nitro benzene ring substituents is 1. The highest BCUT2D eigenvalue weighted by atomic mass is 32.1. The second-order valence-electron chi connectivity index (χ2n) is 7.47. The number of rotatable bonds is 7. The number of nitrogens with zero attached hydrogens (tertiary/aromatic N) is 4. The lowest BCUT2D eigenvalue weighted by Crippen LogP contribution is -2.43. The Hall–Kier alpha value is -3.08. The van der Waals surface area contributed by atoms with Crippen LogP contribution in [-0.4, -0.2) is 67.2 Å². The molecule has 1 fully saturated rings. The highest BCUT2D eigenvalue weighted by Gasteiger charge is 2.24. The van der Waals surface area contributed by atoms with E-state index in [-0.39, 0.29) is 11.6 Å². The van der Waals surface area contributed by atoms with Crippen LogP contribution >= 0.6 is 11.3 Å². The molecule has 0 atom stereocenters. The van der Waals surface area contributed by atoms with E-state index in [1.165, 1.54) is 35.6 Å². The van der Waals surface area contributed by atoms with E-state index in [1.54, 1.807) is 12.0 Å². The van der Waals surface area contributed by atoms with Gasteiger partial charge in [0.25, 0.3) is 11.6 Å². The normalized spacial score (nSPS) is 14.4. The summed E-state index contributed by atoms with van der Waals surface area (Å²) in [7, 11) is 1.60. The molecule has 0 N–H and O–H groups in total. The second-order valence-corrected chi connectivity index (χ2v) is 8.45. The maximum atomic E-state index is 13.5. The predicted octanol–water partition coefficient (Wildman–Crippen LogP) is 3.50. The number of morpholine rings is 1. The van der Waals surface area contributed by atoms with Gasteiger partial charge in [0.05, 0.1) is 29.9 Å². The number of hydrogen-bond donors (Lipinski definition) is 0. The number of anilines is 1. The SMILES string of the molecule is COc1ccc(C)c2sc(N(CCN3CCOCC3)C(=O)c3ccc([N+](=O)[O-])cc3)nc12. The zero-order valence-corrected chi connectivity index (χ0v) is 18.8. The first-order valence-electron chi connectivity index (χ1n) is 10.3. The van der Waals surface area contributed by atoms with Crippen molar-refractivity contribution < 1.29 is 19.2 Å². The fraction of sp³-hybridized carbons (Fsp3) is 0.364. The molecule has 0 bridgehead atoms. The minimum Gasteiger partial charge on any atom is -0.494 e. The standard InChI is InChI=1S/C22H24N4O5S/c1-15-3-8-18(30-2)19-20(15)32-22(23-19)25(10-9-24-11-13-31-14-12-24)21(27)16-4-6-17(7-5-16)26(28)29/h3-8H,9-14H2,1-2H3. The number of aryl methyl sites for hydroxylation is 1. The fourth-order valence-electron chi connectivity index (χ4n) is 3.61. The van der Waals surface area contributed by atoms with Gasteiger partial charge in [0.1, 0.15) is 11.3 Å². The third-order valence-electron chi connectivity index (χ3n) is 5.46. The van der Waals surface area contributed by atoms with Crippen molar-refractivity contribution in [2.45, 2.75) is 6.92 Å². The summed E-state index contributed by atoms with van der Waals surface area (Å²) in [4.78, 5) is 32.6. The van der Waals surface area contributed by atoms with Gasteiger partial charge in [-0.25, -0.2) is 4.98 Å². The summed E-state index contributed by atoms with van der Waals surface area (Å²) in [5.74, 6) is 0.410. The molecule has 4 rings (SSSR count). The Balaban J connectivity index is 1.68. The summed E-state index contributed by atoms with van der Waals surface area (Å²) in [5, 5.41) is 11.6. The number of fused-ring (bicyclic) bond motifs is 1. The van der Waals surface area contributed by atoms with Gasteiger partial charge in [-0.3, -0.25) is 24.7 Å². The first-order chi connectivity index (χ1) is 15.5. The van der Waals surface area contributed by atoms with Gasteiger partial charge in [-0.05, 0) is 30.7 Å². The van der Waals surface area contributed by atoms with Crippen molar-refractivity contribution in [3.8, 4) is 5.75 Å². The third kappa shape index (κ3) is 4.57. The highest BCUT2D eigenvalue weighted by Crippen LogP contribution is 2.36. The van der Waals surface area contributed by atoms with Crippen LogP contribution < -0.4 is 9.64 Å². The Morgan fingerprint density at radius 1 is 1.25 bits per heavy atom. The van der Waals surface area contributed by atoms with Crippen LogP contribution in [0.1, 0.15) is 15.9 Å². The third-order valence-corrected chi connectivity index (χ3v) is 6.67. The zero-order chi connectivity index (χ0) is 22.7. The molecule has 0 spiro atoms. The maximum absolute atomic E-state index is 13.5. The number of carbonyl (C=O) groups is 1. The number of amides is 1. The van der Waals surface area contributed by atoms with Gasteiger partial charge >= 0.3 is 0 Å². The van der Waals surface area contributed by atoms with Gasteiger partial charge in [-0.15, -0.1) is 0 Å². The summed E-state index contributed by atoms with van der Waals surface area (Å²) in [6.45, 7) is 6.09. The van der Waals surface area contributed by atoms with Crippen LogP contribution in [0.3, 0.4) is 0 Å². The van der Waals surface area contributed by atoms with Gasteiger partial charge in [-0.1, -0.05) is 17.4 Å². The van der Waals surface area contributed by atoms with Crippen molar-refractivity contribution in [3.05, 3.63) is 57.6 Å². The molecular formula is C22H24N4O5S. The predicted molar refractivity (Wildman–Crippen MR) is 123 cm³/mol. The van der Waals surface area contributed by atoms with Crippen LogP contribution in [0.5, 0.6) is 5.75 Å². The number of nitro groups is 1. The molecule has 1 aliphatic heterocycles. The largest absolute Gasteiger partial charge is 0.494 e. The highest BCUT2D eigenvalue weighted by molar-refractivity contribution is 7.22. The summed E-state index contributed by atoms with van der Waals surface area (Å²) < 4.78 is 11.8. The molecule has 0 unspecified atom stereocenters. The number of aromatic nitrogens is 1. The number of carbonyl (C=O) groups excluding carboxylic acids is 1. The minimum absolute atomic E-state index is 0.0539. The van der Waals surface area contributed by atoms with Gasteiger partial charge in [0.2, 0.25) is 0 Å². The molecule has 9 nitrogen and oxygen atoms in total. The molecule has 32 heavy (non-hydrogen) atoms. The molecule has 0 saturated carbocycles. The minimum atomic E-state index is -0.479. The number of ether oxygens (including phenoxy) is 2. The van der Waals surface area contributed by atoms with Crippen LogP contribution in [0, 0.1) is 17.0 Å². The lowest BCUT2D eigenvalue weighted by Gasteiger charge is -2.29. The van der Waals surface area contributed by atoms with Crippen LogP contribution in [0.4, 0.5) is 10.8 Å². The number of benzene rings is 2. The molecule has 0 radical (unpaired) electrons. The molecule has 1 aliphatic rings. The molecule has 10 heteroatoms. The monoisotopic (exact) mass is 456 g/mol. The molecule has 1 aromatic heterocycles. The lowest BCUT2D eigenvalue weighted by atomic mass is 10.2. The second kappa shape index (κ2) is 9.60. The summed E-state index contributed by atoms with van der Waals surface area (Å²) in [6, 6.07) is 9.51. The number of thiazole rings is 1. The van der Waals surface area contributed by atoms with Gasteiger partial charge < -0.3 is 9.47 Å². The lowest BCUT2D eigenvalue weighted by molar-refractivity contribution is -0.384. The van der Waals surface area contributed by atoms with E-state index in [0.717, 1.165) is 28.9 Å². The van der Waals surface area contributed by atoms with Crippen molar-refractivity contribution in [2.75, 3.05) is 51.4 Å². The van der Waals surface area contributed by atoms with Crippen LogP contribution in [-0.2, 0) is 4.74 Å². The van der Waals surface area contributed by atoms with E-state index in [0.29, 0.717) is 42.7 Å². The molecule has 1 saturated heterocycles. The van der Waals surface area contributed by atoms with Crippen molar-refractivity contribution >= 4 is 38.3 Å². The average molecular weight is 457 g/mol. The Morgan fingerprint density at radius 3 is 2.62 bits per heavy atom. The van der Waals surface area contributed by atoms with Gasteiger partial charge in [0, 0.05) is 43.9 Å². The van der Waals surface area contributed by atoms with Crippen molar-refractivity contribution in [1.29, 1.82) is 0 Å². The Labute approximate surface area is 189 Å². The Morgan fingerprint density at radius 2 is 1.97 bits per heavy atom. The smallest absolute Gasteiger partial charge is 0.269 e. The number of hydrogen-bond acceptors (Lipinski definition) is 8. The molecular weight excluding hydrogens is 432 g/mol. The van der Waals surface area contributed by atoms with E-state index >= 15 is 0 Å². The first kappa shape index (κ1) is 22.1. The van der Waals surface area contributed by atoms with Crippen LogP contribution in [0.15, 0.2) is 36.4 Å². The van der Waals surface area contributed by atoms with E-state index in [2.05, 4.69) is 4.90 Å². The molecule has 2 aromatic carbocycles. The molecule has 1 amide bonds. The molecule has 0 aliphatic carbocycles. The first-order valence-corrected chi connectivity index (χ1v) is 11.1. The zero-order valence-electron chi connectivity index (χ0n) is 17.9. The summed E-state index contributed by atoms with van der Waals surface area (Å²) in [5.41, 5.74) is 2.10. The van der Waals surface area contributed by atoms with Crippen LogP contribution in [0.2, 0.25) is 0 Å². The average Bonchev–Trinajstić information content (AvgIpc) is 3.26.